The first-order chi connectivity index (χ1) is 7.63. The Morgan fingerprint density at radius 2 is 2.31 bits per heavy atom. The number of rotatable bonds is 2. The van der Waals surface area contributed by atoms with Gasteiger partial charge in [-0.3, -0.25) is 9.59 Å². The molecule has 1 heterocycles. The van der Waals surface area contributed by atoms with Crippen LogP contribution in [0.4, 0.5) is 0 Å². The number of hydrogen-bond donors (Lipinski definition) is 1. The van der Waals surface area contributed by atoms with Gasteiger partial charge in [-0.2, -0.15) is 0 Å². The maximum Gasteiger partial charge on any atom is 0.310 e. The van der Waals surface area contributed by atoms with Crippen molar-refractivity contribution in [3.05, 3.63) is 12.7 Å². The molecule has 3 fully saturated rings. The molecule has 6 atom stereocenters. The van der Waals surface area contributed by atoms with E-state index < -0.39 is 0 Å². The lowest BCUT2D eigenvalue weighted by Gasteiger charge is -2.29. The molecular weight excluding hydrogens is 206 g/mol. The molecule has 16 heavy (non-hydrogen) atoms. The molecule has 86 valence electrons. The second kappa shape index (κ2) is 3.09. The fourth-order valence-corrected chi connectivity index (χ4v) is 3.83. The Morgan fingerprint density at radius 3 is 3.00 bits per heavy atom. The summed E-state index contributed by atoms with van der Waals surface area (Å²) in [5.41, 5.74) is 0. The zero-order chi connectivity index (χ0) is 11.4. The summed E-state index contributed by atoms with van der Waals surface area (Å²) < 4.78 is 5.38. The summed E-state index contributed by atoms with van der Waals surface area (Å²) >= 11 is 0. The van der Waals surface area contributed by atoms with Crippen molar-refractivity contribution in [2.45, 2.75) is 25.5 Å². The van der Waals surface area contributed by atoms with Crippen LogP contribution in [-0.4, -0.2) is 24.0 Å². The van der Waals surface area contributed by atoms with Crippen LogP contribution >= 0.6 is 0 Å². The van der Waals surface area contributed by atoms with Crippen molar-refractivity contribution in [1.29, 1.82) is 0 Å². The first-order valence-electron chi connectivity index (χ1n) is 5.77. The van der Waals surface area contributed by atoms with Crippen LogP contribution in [0.1, 0.15) is 13.3 Å². The van der Waals surface area contributed by atoms with Gasteiger partial charge in [-0.15, -0.1) is 0 Å². The molecule has 2 aliphatic carbocycles. The molecule has 2 bridgehead atoms. The summed E-state index contributed by atoms with van der Waals surface area (Å²) in [4.78, 5) is 23.0. The molecule has 1 N–H and O–H groups in total. The van der Waals surface area contributed by atoms with Crippen molar-refractivity contribution in [3.63, 3.8) is 0 Å². The van der Waals surface area contributed by atoms with E-state index in [0.29, 0.717) is 17.8 Å². The van der Waals surface area contributed by atoms with Gasteiger partial charge in [0.25, 0.3) is 0 Å². The smallest absolute Gasteiger partial charge is 0.310 e. The molecule has 0 aromatic rings. The van der Waals surface area contributed by atoms with Gasteiger partial charge in [0.1, 0.15) is 6.10 Å². The highest BCUT2D eigenvalue weighted by atomic mass is 16.6. The van der Waals surface area contributed by atoms with E-state index >= 15 is 0 Å². The number of hydrogen-bond acceptors (Lipinski definition) is 3. The van der Waals surface area contributed by atoms with Gasteiger partial charge >= 0.3 is 5.97 Å². The highest BCUT2D eigenvalue weighted by molar-refractivity contribution is 5.87. The number of ether oxygens (including phenoxy) is 1. The Kier molecular flexibility index (Phi) is 1.91. The third-order valence-corrected chi connectivity index (χ3v) is 4.50. The molecule has 3 rings (SSSR count). The second-order valence-electron chi connectivity index (χ2n) is 5.09. The maximum atomic E-state index is 11.6. The topological polar surface area (TPSA) is 55.4 Å². The third-order valence-electron chi connectivity index (χ3n) is 4.50. The van der Waals surface area contributed by atoms with Gasteiger partial charge in [-0.25, -0.2) is 0 Å². The van der Waals surface area contributed by atoms with E-state index in [2.05, 4.69) is 18.8 Å². The van der Waals surface area contributed by atoms with Crippen molar-refractivity contribution in [1.82, 2.24) is 5.32 Å². The van der Waals surface area contributed by atoms with Crippen molar-refractivity contribution >= 4 is 11.9 Å². The monoisotopic (exact) mass is 221 g/mol. The lowest BCUT2D eigenvalue weighted by molar-refractivity contribution is -0.144. The average Bonchev–Trinajstić information content (AvgIpc) is 2.82. The van der Waals surface area contributed by atoms with Crippen LogP contribution in [0.2, 0.25) is 0 Å². The molecule has 4 heteroatoms. The number of esters is 1. The number of fused-ring (bicyclic) bond motifs is 1. The van der Waals surface area contributed by atoms with Crippen LogP contribution in [0.5, 0.6) is 0 Å². The predicted octanol–water partition coefficient (Wildman–Crippen LogP) is 0.485. The van der Waals surface area contributed by atoms with Crippen LogP contribution in [-0.2, 0) is 14.3 Å². The Balaban J connectivity index is 1.86. The lowest BCUT2D eigenvalue weighted by Crippen LogP contribution is -2.48. The van der Waals surface area contributed by atoms with E-state index in [-0.39, 0.29) is 29.9 Å². The number of nitrogens with one attached hydrogen (secondary N) is 1. The number of carbonyl (C=O) groups is 2. The van der Waals surface area contributed by atoms with Crippen molar-refractivity contribution in [2.24, 2.45) is 23.7 Å². The van der Waals surface area contributed by atoms with Gasteiger partial charge in [0.05, 0.1) is 12.0 Å². The molecule has 6 unspecified atom stereocenters. The molecule has 0 radical (unpaired) electrons. The maximum absolute atomic E-state index is 11.6. The predicted molar refractivity (Wildman–Crippen MR) is 56.3 cm³/mol. The quantitative estimate of drug-likeness (QED) is 0.545. The van der Waals surface area contributed by atoms with Gasteiger partial charge in [0.15, 0.2) is 0 Å². The highest BCUT2D eigenvalue weighted by Crippen LogP contribution is 2.57. The SMILES string of the molecule is C=CC(=O)NC1C2CC3C1OC(=O)C3C2C. The molecule has 0 spiro atoms. The minimum atomic E-state index is -0.177. The first kappa shape index (κ1) is 9.87. The molecule has 4 nitrogen and oxygen atoms in total. The van der Waals surface area contributed by atoms with Gasteiger partial charge in [-0.05, 0) is 24.3 Å². The van der Waals surface area contributed by atoms with Crippen LogP contribution in [0.25, 0.3) is 0 Å². The third kappa shape index (κ3) is 1.05. The van der Waals surface area contributed by atoms with E-state index in [0.717, 1.165) is 6.42 Å². The minimum Gasteiger partial charge on any atom is -0.460 e. The van der Waals surface area contributed by atoms with Crippen molar-refractivity contribution < 1.29 is 14.3 Å². The zero-order valence-electron chi connectivity index (χ0n) is 9.18. The number of amides is 1. The van der Waals surface area contributed by atoms with E-state index in [1.807, 2.05) is 0 Å². The van der Waals surface area contributed by atoms with Crippen LogP contribution < -0.4 is 5.32 Å². The second-order valence-corrected chi connectivity index (χ2v) is 5.09. The largest absolute Gasteiger partial charge is 0.460 e. The van der Waals surface area contributed by atoms with Crippen LogP contribution in [0, 0.1) is 23.7 Å². The van der Waals surface area contributed by atoms with E-state index in [4.69, 9.17) is 4.74 Å². The van der Waals surface area contributed by atoms with Crippen LogP contribution in [0.15, 0.2) is 12.7 Å². The molecular formula is C12H15NO3. The van der Waals surface area contributed by atoms with Crippen LogP contribution in [0.3, 0.4) is 0 Å². The Labute approximate surface area is 94.0 Å². The van der Waals surface area contributed by atoms with E-state index in [9.17, 15) is 9.59 Å². The Bertz CT molecular complexity index is 378. The molecule has 1 saturated heterocycles. The first-order valence-corrected chi connectivity index (χ1v) is 5.77. The average molecular weight is 221 g/mol. The summed E-state index contributed by atoms with van der Waals surface area (Å²) in [6.07, 6.45) is 2.18. The molecule has 3 aliphatic rings. The minimum absolute atomic E-state index is 0.00630. The summed E-state index contributed by atoms with van der Waals surface area (Å²) in [6.45, 7) is 5.53. The van der Waals surface area contributed by atoms with Gasteiger partial charge in [0, 0.05) is 5.92 Å². The fourth-order valence-electron chi connectivity index (χ4n) is 3.83. The molecule has 1 amide bonds. The fraction of sp³-hybridized carbons (Fsp3) is 0.667. The van der Waals surface area contributed by atoms with Gasteiger partial charge < -0.3 is 10.1 Å². The zero-order valence-corrected chi connectivity index (χ0v) is 9.18. The molecule has 2 saturated carbocycles. The van der Waals surface area contributed by atoms with E-state index in [1.165, 1.54) is 6.08 Å². The molecule has 0 aromatic carbocycles. The number of carbonyl (C=O) groups excluding carboxylic acids is 2. The molecule has 0 aromatic heterocycles. The standard InChI is InChI=1S/C12H15NO3/c1-3-8(14)13-10-6-4-7-9(5(6)2)12(15)16-11(7)10/h3,5-7,9-11H,1,4H2,2H3,(H,13,14). The van der Waals surface area contributed by atoms with Gasteiger partial charge in [0.2, 0.25) is 5.91 Å². The van der Waals surface area contributed by atoms with Crippen molar-refractivity contribution in [2.75, 3.05) is 0 Å². The summed E-state index contributed by atoms with van der Waals surface area (Å²) in [5, 5.41) is 2.90. The Hall–Kier alpha value is -1.32. The van der Waals surface area contributed by atoms with E-state index in [1.54, 1.807) is 0 Å². The normalized spacial score (nSPS) is 47.9. The van der Waals surface area contributed by atoms with Crippen molar-refractivity contribution in [3.8, 4) is 0 Å². The Morgan fingerprint density at radius 1 is 1.56 bits per heavy atom. The highest BCUT2D eigenvalue weighted by Gasteiger charge is 2.65. The molecule has 1 aliphatic heterocycles. The summed E-state index contributed by atoms with van der Waals surface area (Å²) in [6, 6.07) is -0.00630. The summed E-state index contributed by atoms with van der Waals surface area (Å²) in [5.74, 6) is 0.862. The van der Waals surface area contributed by atoms with Gasteiger partial charge in [-0.1, -0.05) is 13.5 Å². The lowest BCUT2D eigenvalue weighted by atomic mass is 9.78. The summed E-state index contributed by atoms with van der Waals surface area (Å²) in [7, 11) is 0.